The molecule has 1 aromatic carbocycles. The van der Waals surface area contributed by atoms with E-state index in [-0.39, 0.29) is 5.91 Å². The molecule has 0 unspecified atom stereocenters. The summed E-state index contributed by atoms with van der Waals surface area (Å²) in [4.78, 5) is 14.6. The van der Waals surface area contributed by atoms with Crippen molar-refractivity contribution in [2.75, 3.05) is 11.9 Å². The molecule has 28 heavy (non-hydrogen) atoms. The largest absolute Gasteiger partial charge is 0.459 e. The molecule has 0 fully saturated rings. The van der Waals surface area contributed by atoms with Crippen LogP contribution in [0.3, 0.4) is 0 Å². The summed E-state index contributed by atoms with van der Waals surface area (Å²) in [5, 5.41) is 19.8. The number of anilines is 1. The van der Waals surface area contributed by atoms with Gasteiger partial charge in [-0.15, -0.1) is 10.2 Å². The second-order valence-corrected chi connectivity index (χ2v) is 6.30. The Labute approximate surface area is 162 Å². The normalized spacial score (nSPS) is 11.9. The summed E-state index contributed by atoms with van der Waals surface area (Å²) in [6.45, 7) is 4.92. The predicted octanol–water partition coefficient (Wildman–Crippen LogP) is 3.44. The zero-order chi connectivity index (χ0) is 19.9. The van der Waals surface area contributed by atoms with Crippen LogP contribution < -0.4 is 5.32 Å². The summed E-state index contributed by atoms with van der Waals surface area (Å²) in [5.41, 5.74) is 1.19. The van der Waals surface area contributed by atoms with Crippen LogP contribution in [0.4, 0.5) is 5.69 Å². The molecule has 0 bridgehead atoms. The number of carbonyl (C=O) groups is 1. The van der Waals surface area contributed by atoms with Crippen molar-refractivity contribution in [2.24, 2.45) is 0 Å². The van der Waals surface area contributed by atoms with Gasteiger partial charge in [-0.3, -0.25) is 9.69 Å². The first-order valence-electron chi connectivity index (χ1n) is 9.02. The Balaban J connectivity index is 1.66. The van der Waals surface area contributed by atoms with Gasteiger partial charge in [0, 0.05) is 5.69 Å². The monoisotopic (exact) mass is 379 g/mol. The third-order valence-electron chi connectivity index (χ3n) is 4.26. The van der Waals surface area contributed by atoms with E-state index in [1.54, 1.807) is 36.4 Å². The van der Waals surface area contributed by atoms with Crippen molar-refractivity contribution in [1.29, 1.82) is 5.26 Å². The topological polar surface area (TPSA) is 108 Å². The van der Waals surface area contributed by atoms with Gasteiger partial charge in [0.15, 0.2) is 5.76 Å². The highest BCUT2D eigenvalue weighted by atomic mass is 16.4. The average Bonchev–Trinajstić information content (AvgIpc) is 3.39. The molecule has 0 radical (unpaired) electrons. The van der Waals surface area contributed by atoms with Crippen molar-refractivity contribution in [2.45, 2.75) is 32.9 Å². The zero-order valence-corrected chi connectivity index (χ0v) is 15.8. The number of nitrogens with zero attached hydrogens (tertiary/aromatic N) is 4. The first-order valence-corrected chi connectivity index (χ1v) is 9.02. The van der Waals surface area contributed by atoms with E-state index in [0.717, 1.165) is 6.42 Å². The number of hydrogen-bond donors (Lipinski definition) is 1. The Morgan fingerprint density at radius 3 is 2.71 bits per heavy atom. The molecule has 0 aliphatic rings. The van der Waals surface area contributed by atoms with Crippen LogP contribution >= 0.6 is 0 Å². The summed E-state index contributed by atoms with van der Waals surface area (Å²) >= 11 is 0. The van der Waals surface area contributed by atoms with Gasteiger partial charge in [-0.25, -0.2) is 0 Å². The highest BCUT2D eigenvalue weighted by Crippen LogP contribution is 2.19. The van der Waals surface area contributed by atoms with Gasteiger partial charge in [-0.05, 0) is 56.3 Å². The van der Waals surface area contributed by atoms with E-state index in [4.69, 9.17) is 14.1 Å². The molecular weight excluding hydrogens is 358 g/mol. The smallest absolute Gasteiger partial charge is 0.283 e. The summed E-state index contributed by atoms with van der Waals surface area (Å²) in [6, 6.07) is 11.9. The van der Waals surface area contributed by atoms with E-state index in [0.29, 0.717) is 41.9 Å². The molecular formula is C20H21N5O3. The van der Waals surface area contributed by atoms with Crippen molar-refractivity contribution >= 4 is 11.6 Å². The lowest BCUT2D eigenvalue weighted by Crippen LogP contribution is -2.42. The lowest BCUT2D eigenvalue weighted by Gasteiger charge is -2.26. The Kier molecular flexibility index (Phi) is 6.19. The van der Waals surface area contributed by atoms with E-state index in [1.165, 1.54) is 6.26 Å². The Morgan fingerprint density at radius 2 is 2.07 bits per heavy atom. The van der Waals surface area contributed by atoms with Crippen molar-refractivity contribution in [1.82, 2.24) is 15.1 Å². The highest BCUT2D eigenvalue weighted by Gasteiger charge is 2.23. The molecule has 144 valence electrons. The number of aromatic nitrogens is 2. The zero-order valence-electron chi connectivity index (χ0n) is 15.8. The molecule has 0 saturated carbocycles. The lowest BCUT2D eigenvalue weighted by molar-refractivity contribution is -0.121. The van der Waals surface area contributed by atoms with Crippen molar-refractivity contribution in [3.63, 3.8) is 0 Å². The molecule has 8 heteroatoms. The molecule has 3 rings (SSSR count). The summed E-state index contributed by atoms with van der Waals surface area (Å²) in [5.74, 6) is 1.08. The summed E-state index contributed by atoms with van der Waals surface area (Å²) < 4.78 is 10.9. The number of furan rings is 1. The molecule has 3 aromatic rings. The molecule has 8 nitrogen and oxygen atoms in total. The van der Waals surface area contributed by atoms with Gasteiger partial charge in [0.05, 0.1) is 30.5 Å². The maximum atomic E-state index is 12.7. The Morgan fingerprint density at radius 1 is 1.29 bits per heavy atom. The van der Waals surface area contributed by atoms with Gasteiger partial charge >= 0.3 is 0 Å². The van der Waals surface area contributed by atoms with E-state index >= 15 is 0 Å². The highest BCUT2D eigenvalue weighted by molar-refractivity contribution is 5.94. The van der Waals surface area contributed by atoms with Gasteiger partial charge in [0.1, 0.15) is 0 Å². The number of rotatable bonds is 8. The standard InChI is InChI=1S/C20H21N5O3/c1-3-10-25(13-18-23-24-20(28-18)17-5-4-11-27-17)14(2)19(26)22-16-8-6-15(12-21)7-9-16/h4-9,11,14H,3,10,13H2,1-2H3,(H,22,26)/t14-/m0/s1. The fraction of sp³-hybridized carbons (Fsp3) is 0.300. The molecule has 0 aliphatic carbocycles. The SMILES string of the molecule is CCCN(Cc1nnc(-c2ccco2)o1)[C@@H](C)C(=O)Nc1ccc(C#N)cc1. The molecule has 2 aromatic heterocycles. The fourth-order valence-corrected chi connectivity index (χ4v) is 2.73. The maximum absolute atomic E-state index is 12.7. The van der Waals surface area contributed by atoms with E-state index in [1.807, 2.05) is 18.7 Å². The van der Waals surface area contributed by atoms with E-state index in [2.05, 4.69) is 21.6 Å². The average molecular weight is 379 g/mol. The van der Waals surface area contributed by atoms with Gasteiger partial charge in [0.2, 0.25) is 11.8 Å². The van der Waals surface area contributed by atoms with Crippen LogP contribution in [0.15, 0.2) is 51.5 Å². The second-order valence-electron chi connectivity index (χ2n) is 6.30. The molecule has 1 atom stereocenters. The third-order valence-corrected chi connectivity index (χ3v) is 4.26. The summed E-state index contributed by atoms with van der Waals surface area (Å²) in [6.07, 6.45) is 2.41. The maximum Gasteiger partial charge on any atom is 0.283 e. The molecule has 0 saturated heterocycles. The Hall–Kier alpha value is -3.44. The number of nitriles is 1. The van der Waals surface area contributed by atoms with Crippen molar-refractivity contribution in [3.8, 4) is 17.7 Å². The second kappa shape index (κ2) is 8.97. The number of carbonyl (C=O) groups excluding carboxylic acids is 1. The first kappa shape index (κ1) is 19.3. The van der Waals surface area contributed by atoms with Crippen LogP contribution in [0.2, 0.25) is 0 Å². The van der Waals surface area contributed by atoms with Gasteiger partial charge in [0.25, 0.3) is 5.89 Å². The number of nitrogens with one attached hydrogen (secondary N) is 1. The van der Waals surface area contributed by atoms with Crippen LogP contribution in [0, 0.1) is 11.3 Å². The van der Waals surface area contributed by atoms with E-state index < -0.39 is 6.04 Å². The molecule has 0 aliphatic heterocycles. The minimum Gasteiger partial charge on any atom is -0.459 e. The predicted molar refractivity (Wildman–Crippen MR) is 102 cm³/mol. The lowest BCUT2D eigenvalue weighted by atomic mass is 10.2. The summed E-state index contributed by atoms with van der Waals surface area (Å²) in [7, 11) is 0. The minimum atomic E-state index is -0.408. The fourth-order valence-electron chi connectivity index (χ4n) is 2.73. The van der Waals surface area contributed by atoms with Crippen LogP contribution in [0.5, 0.6) is 0 Å². The molecule has 0 spiro atoms. The third kappa shape index (κ3) is 4.64. The Bertz CT molecular complexity index is 941. The number of amides is 1. The van der Waals surface area contributed by atoms with Crippen LogP contribution in [-0.4, -0.2) is 33.6 Å². The molecule has 1 amide bonds. The van der Waals surface area contributed by atoms with Crippen LogP contribution in [0.25, 0.3) is 11.7 Å². The van der Waals surface area contributed by atoms with Crippen LogP contribution in [-0.2, 0) is 11.3 Å². The van der Waals surface area contributed by atoms with E-state index in [9.17, 15) is 4.79 Å². The van der Waals surface area contributed by atoms with Gasteiger partial charge < -0.3 is 14.2 Å². The van der Waals surface area contributed by atoms with Crippen molar-refractivity contribution in [3.05, 3.63) is 54.1 Å². The quantitative estimate of drug-likeness (QED) is 0.638. The number of benzene rings is 1. The number of hydrogen-bond acceptors (Lipinski definition) is 7. The minimum absolute atomic E-state index is 0.149. The van der Waals surface area contributed by atoms with Crippen LogP contribution in [0.1, 0.15) is 31.7 Å². The molecule has 1 N–H and O–H groups in total. The van der Waals surface area contributed by atoms with Gasteiger partial charge in [-0.1, -0.05) is 6.92 Å². The van der Waals surface area contributed by atoms with Crippen molar-refractivity contribution < 1.29 is 13.6 Å². The van der Waals surface area contributed by atoms with Gasteiger partial charge in [-0.2, -0.15) is 5.26 Å². The molecule has 2 heterocycles. The first-order chi connectivity index (χ1) is 13.6.